The van der Waals surface area contributed by atoms with Gasteiger partial charge in [0.25, 0.3) is 5.91 Å². The topological polar surface area (TPSA) is 52.6 Å². The molecule has 2 aromatic rings. The van der Waals surface area contributed by atoms with Gasteiger partial charge in [0.1, 0.15) is 0 Å². The van der Waals surface area contributed by atoms with Crippen LogP contribution in [0.5, 0.6) is 0 Å². The molecule has 3 heterocycles. The zero-order valence-corrected chi connectivity index (χ0v) is 16.7. The maximum Gasteiger partial charge on any atom is 0.253 e. The van der Waals surface area contributed by atoms with E-state index in [1.54, 1.807) is 0 Å². The average molecular weight is 380 g/mol. The number of aryl methyl sites for hydroxylation is 1. The number of anilines is 2. The van der Waals surface area contributed by atoms with Gasteiger partial charge in [-0.15, -0.1) is 10.2 Å². The smallest absolute Gasteiger partial charge is 0.253 e. The quantitative estimate of drug-likeness (QED) is 0.820. The van der Waals surface area contributed by atoms with Gasteiger partial charge in [-0.25, -0.2) is 0 Å². The molecule has 0 saturated carbocycles. The monoisotopic (exact) mass is 379 g/mol. The molecule has 0 unspecified atom stereocenters. The van der Waals surface area contributed by atoms with Crippen molar-refractivity contribution in [3.8, 4) is 0 Å². The summed E-state index contributed by atoms with van der Waals surface area (Å²) in [5, 5.41) is 8.96. The van der Waals surface area contributed by atoms with Crippen LogP contribution < -0.4 is 9.80 Å². The second-order valence-electron chi connectivity index (χ2n) is 7.80. The van der Waals surface area contributed by atoms with E-state index in [1.807, 2.05) is 36.1 Å². The molecule has 2 aliphatic rings. The normalized spacial score (nSPS) is 18.1. The summed E-state index contributed by atoms with van der Waals surface area (Å²) in [6.07, 6.45) is 5.10. The molecule has 0 spiro atoms. The average Bonchev–Trinajstić information content (AvgIpc) is 3.03. The van der Waals surface area contributed by atoms with Gasteiger partial charge in [-0.3, -0.25) is 4.79 Å². The van der Waals surface area contributed by atoms with Crippen LogP contribution in [0.4, 0.5) is 11.6 Å². The van der Waals surface area contributed by atoms with Gasteiger partial charge in [-0.2, -0.15) is 0 Å². The van der Waals surface area contributed by atoms with Gasteiger partial charge in [0, 0.05) is 44.8 Å². The Morgan fingerprint density at radius 2 is 1.39 bits per heavy atom. The lowest BCUT2D eigenvalue weighted by atomic mass is 10.1. The molecule has 1 aromatic heterocycles. The summed E-state index contributed by atoms with van der Waals surface area (Å²) in [6.45, 7) is 7.17. The summed E-state index contributed by atoms with van der Waals surface area (Å²) in [7, 11) is 0. The highest BCUT2D eigenvalue weighted by atomic mass is 16.2. The van der Waals surface area contributed by atoms with Crippen molar-refractivity contribution in [2.45, 2.75) is 32.6 Å². The second kappa shape index (κ2) is 8.59. The Labute approximate surface area is 167 Å². The second-order valence-corrected chi connectivity index (χ2v) is 7.80. The Kier molecular flexibility index (Phi) is 5.74. The first kappa shape index (κ1) is 18.7. The van der Waals surface area contributed by atoms with Gasteiger partial charge in [0.15, 0.2) is 11.6 Å². The van der Waals surface area contributed by atoms with E-state index in [2.05, 4.69) is 32.1 Å². The fraction of sp³-hybridized carbons (Fsp3) is 0.500. The minimum Gasteiger partial charge on any atom is -0.355 e. The summed E-state index contributed by atoms with van der Waals surface area (Å²) in [4.78, 5) is 19.2. The molecule has 1 amide bonds. The molecular weight excluding hydrogens is 350 g/mol. The van der Waals surface area contributed by atoms with E-state index < -0.39 is 0 Å². The zero-order valence-electron chi connectivity index (χ0n) is 16.7. The van der Waals surface area contributed by atoms with Crippen molar-refractivity contribution >= 4 is 17.5 Å². The Morgan fingerprint density at radius 3 is 1.96 bits per heavy atom. The molecule has 2 saturated heterocycles. The van der Waals surface area contributed by atoms with Gasteiger partial charge in [-0.05, 0) is 44.0 Å². The molecule has 2 aliphatic heterocycles. The largest absolute Gasteiger partial charge is 0.355 e. The van der Waals surface area contributed by atoms with E-state index in [4.69, 9.17) is 0 Å². The van der Waals surface area contributed by atoms with Crippen molar-refractivity contribution in [3.05, 3.63) is 47.5 Å². The van der Waals surface area contributed by atoms with Crippen LogP contribution in [0.2, 0.25) is 0 Å². The zero-order chi connectivity index (χ0) is 19.3. The highest BCUT2D eigenvalue weighted by Crippen LogP contribution is 2.20. The molecule has 28 heavy (non-hydrogen) atoms. The number of hydrogen-bond donors (Lipinski definition) is 0. The Balaban J connectivity index is 1.35. The van der Waals surface area contributed by atoms with Crippen molar-refractivity contribution in [1.82, 2.24) is 15.1 Å². The van der Waals surface area contributed by atoms with Gasteiger partial charge in [-0.1, -0.05) is 30.5 Å². The number of carbonyl (C=O) groups excluding carboxylic acids is 1. The standard InChI is InChI=1S/C22H29N5O/c1-18-7-6-8-19(17-18)22(28)27-15-13-26(14-16-27)21-10-9-20(23-24-21)25-11-4-2-3-5-12-25/h6-10,17H,2-5,11-16H2,1H3. The Morgan fingerprint density at radius 1 is 0.786 bits per heavy atom. The van der Waals surface area contributed by atoms with E-state index in [-0.39, 0.29) is 5.91 Å². The van der Waals surface area contributed by atoms with E-state index in [1.165, 1.54) is 25.7 Å². The number of amides is 1. The van der Waals surface area contributed by atoms with Crippen LogP contribution in [0.25, 0.3) is 0 Å². The maximum absolute atomic E-state index is 12.7. The number of aromatic nitrogens is 2. The first-order valence-corrected chi connectivity index (χ1v) is 10.4. The molecule has 1 aromatic carbocycles. The van der Waals surface area contributed by atoms with E-state index in [0.29, 0.717) is 13.1 Å². The van der Waals surface area contributed by atoms with Crippen LogP contribution >= 0.6 is 0 Å². The molecule has 0 atom stereocenters. The molecular formula is C22H29N5O. The van der Waals surface area contributed by atoms with Crippen LogP contribution in [0.15, 0.2) is 36.4 Å². The molecule has 148 valence electrons. The van der Waals surface area contributed by atoms with E-state index in [0.717, 1.165) is 48.9 Å². The third-order valence-electron chi connectivity index (χ3n) is 5.72. The number of hydrogen-bond acceptors (Lipinski definition) is 5. The molecule has 2 fully saturated rings. The number of nitrogens with zero attached hydrogens (tertiary/aromatic N) is 5. The summed E-state index contributed by atoms with van der Waals surface area (Å²) >= 11 is 0. The van der Waals surface area contributed by atoms with Crippen molar-refractivity contribution < 1.29 is 4.79 Å². The fourth-order valence-electron chi connectivity index (χ4n) is 4.05. The predicted molar refractivity (Wildman–Crippen MR) is 112 cm³/mol. The SMILES string of the molecule is Cc1cccc(C(=O)N2CCN(c3ccc(N4CCCCCC4)nn3)CC2)c1. The van der Waals surface area contributed by atoms with Crippen molar-refractivity contribution in [2.24, 2.45) is 0 Å². The molecule has 0 radical (unpaired) electrons. The molecule has 0 N–H and O–H groups in total. The fourth-order valence-corrected chi connectivity index (χ4v) is 4.05. The third kappa shape index (κ3) is 4.26. The molecule has 6 nitrogen and oxygen atoms in total. The van der Waals surface area contributed by atoms with Crippen LogP contribution in [0, 0.1) is 6.92 Å². The maximum atomic E-state index is 12.7. The summed E-state index contributed by atoms with van der Waals surface area (Å²) < 4.78 is 0. The molecule has 4 rings (SSSR count). The van der Waals surface area contributed by atoms with Crippen LogP contribution in [-0.2, 0) is 0 Å². The van der Waals surface area contributed by atoms with Crippen molar-refractivity contribution in [3.63, 3.8) is 0 Å². The van der Waals surface area contributed by atoms with Crippen LogP contribution in [-0.4, -0.2) is 60.3 Å². The lowest BCUT2D eigenvalue weighted by Crippen LogP contribution is -2.49. The highest BCUT2D eigenvalue weighted by molar-refractivity contribution is 5.94. The van der Waals surface area contributed by atoms with Gasteiger partial charge >= 0.3 is 0 Å². The molecule has 6 heteroatoms. The first-order chi connectivity index (χ1) is 13.7. The van der Waals surface area contributed by atoms with Gasteiger partial charge < -0.3 is 14.7 Å². The molecule has 0 aliphatic carbocycles. The Hall–Kier alpha value is -2.63. The lowest BCUT2D eigenvalue weighted by molar-refractivity contribution is 0.0746. The van der Waals surface area contributed by atoms with Gasteiger partial charge in [0.2, 0.25) is 0 Å². The number of benzene rings is 1. The summed E-state index contributed by atoms with van der Waals surface area (Å²) in [5.74, 6) is 2.01. The number of carbonyl (C=O) groups is 1. The van der Waals surface area contributed by atoms with E-state index >= 15 is 0 Å². The summed E-state index contributed by atoms with van der Waals surface area (Å²) in [6, 6.07) is 12.0. The Bertz CT molecular complexity index is 791. The number of rotatable bonds is 3. The number of piperazine rings is 1. The van der Waals surface area contributed by atoms with E-state index in [9.17, 15) is 4.79 Å². The predicted octanol–water partition coefficient (Wildman–Crippen LogP) is 3.13. The third-order valence-corrected chi connectivity index (χ3v) is 5.72. The minimum absolute atomic E-state index is 0.117. The van der Waals surface area contributed by atoms with Crippen molar-refractivity contribution in [2.75, 3.05) is 49.1 Å². The van der Waals surface area contributed by atoms with Crippen LogP contribution in [0.1, 0.15) is 41.6 Å². The first-order valence-electron chi connectivity index (χ1n) is 10.4. The van der Waals surface area contributed by atoms with Crippen LogP contribution in [0.3, 0.4) is 0 Å². The minimum atomic E-state index is 0.117. The highest BCUT2D eigenvalue weighted by Gasteiger charge is 2.23. The summed E-state index contributed by atoms with van der Waals surface area (Å²) in [5.41, 5.74) is 1.89. The van der Waals surface area contributed by atoms with Crippen molar-refractivity contribution in [1.29, 1.82) is 0 Å². The molecule has 0 bridgehead atoms. The van der Waals surface area contributed by atoms with Gasteiger partial charge in [0.05, 0.1) is 0 Å². The lowest BCUT2D eigenvalue weighted by Gasteiger charge is -2.35.